The van der Waals surface area contributed by atoms with E-state index in [4.69, 9.17) is 9.47 Å². The van der Waals surface area contributed by atoms with Gasteiger partial charge >= 0.3 is 5.97 Å². The molecule has 2 aromatic rings. The maximum Gasteiger partial charge on any atom is 0.342 e. The molecule has 2 heterocycles. The molecule has 0 atom stereocenters. The minimum Gasteiger partial charge on any atom is -0.462 e. The van der Waals surface area contributed by atoms with E-state index in [-0.39, 0.29) is 23.2 Å². The average Bonchev–Trinajstić information content (AvgIpc) is 2.62. The Labute approximate surface area is 142 Å². The van der Waals surface area contributed by atoms with Gasteiger partial charge in [-0.05, 0) is 13.0 Å². The van der Waals surface area contributed by atoms with Crippen molar-refractivity contribution in [3.63, 3.8) is 0 Å². The van der Waals surface area contributed by atoms with Crippen LogP contribution in [0.4, 0.5) is 11.5 Å². The lowest BCUT2D eigenvalue weighted by molar-refractivity contribution is -0.384. The van der Waals surface area contributed by atoms with E-state index in [2.05, 4.69) is 4.98 Å². The van der Waals surface area contributed by atoms with Gasteiger partial charge in [-0.1, -0.05) is 0 Å². The molecule has 1 aromatic carbocycles. The molecule has 9 nitrogen and oxygen atoms in total. The topological polar surface area (TPSA) is 115 Å². The standard InChI is InChI=1S/C16H17N3O6/c1-2-25-16(21)13-11-4-3-10(19(22)23)9-12(11)15(20)17-14(13)18-5-7-24-8-6-18/h3-4,9H,2,5-8H2,1H3,(H,17,20). The Balaban J connectivity index is 2.25. The maximum absolute atomic E-state index is 12.5. The van der Waals surface area contributed by atoms with Crippen molar-refractivity contribution < 1.29 is 19.2 Å². The molecule has 1 aliphatic heterocycles. The Morgan fingerprint density at radius 1 is 1.36 bits per heavy atom. The van der Waals surface area contributed by atoms with Gasteiger partial charge in [0.15, 0.2) is 0 Å². The summed E-state index contributed by atoms with van der Waals surface area (Å²) >= 11 is 0. The lowest BCUT2D eigenvalue weighted by Gasteiger charge is -2.29. The number of morpholine rings is 1. The van der Waals surface area contributed by atoms with Crippen LogP contribution in [-0.4, -0.2) is 48.8 Å². The van der Waals surface area contributed by atoms with Gasteiger partial charge in [0.25, 0.3) is 11.2 Å². The number of ether oxygens (including phenoxy) is 2. The van der Waals surface area contributed by atoms with Gasteiger partial charge in [0.1, 0.15) is 11.4 Å². The Bertz CT molecular complexity index is 885. The number of anilines is 1. The molecule has 0 saturated carbocycles. The number of carbonyl (C=O) groups excluding carboxylic acids is 1. The van der Waals surface area contributed by atoms with Crippen molar-refractivity contribution in [2.75, 3.05) is 37.8 Å². The van der Waals surface area contributed by atoms with E-state index in [1.807, 2.05) is 4.90 Å². The van der Waals surface area contributed by atoms with Crippen molar-refractivity contribution >= 4 is 28.2 Å². The zero-order chi connectivity index (χ0) is 18.0. The van der Waals surface area contributed by atoms with E-state index in [0.717, 1.165) is 0 Å². The Morgan fingerprint density at radius 3 is 2.72 bits per heavy atom. The number of hydrogen-bond donors (Lipinski definition) is 1. The van der Waals surface area contributed by atoms with Crippen LogP contribution in [0.2, 0.25) is 0 Å². The van der Waals surface area contributed by atoms with Crippen LogP contribution in [0.3, 0.4) is 0 Å². The number of nitrogens with one attached hydrogen (secondary N) is 1. The van der Waals surface area contributed by atoms with Gasteiger partial charge in [0.2, 0.25) is 0 Å². The zero-order valence-electron chi connectivity index (χ0n) is 13.6. The third kappa shape index (κ3) is 3.18. The van der Waals surface area contributed by atoms with Crippen LogP contribution in [0.1, 0.15) is 17.3 Å². The fourth-order valence-electron chi connectivity index (χ4n) is 2.85. The van der Waals surface area contributed by atoms with Crippen molar-refractivity contribution in [2.45, 2.75) is 6.92 Å². The quantitative estimate of drug-likeness (QED) is 0.505. The van der Waals surface area contributed by atoms with Gasteiger partial charge in [-0.25, -0.2) is 4.79 Å². The minimum atomic E-state index is -0.585. The summed E-state index contributed by atoms with van der Waals surface area (Å²) in [5.74, 6) is -0.229. The van der Waals surface area contributed by atoms with Crippen LogP contribution in [0.15, 0.2) is 23.0 Å². The number of carbonyl (C=O) groups is 1. The lowest BCUT2D eigenvalue weighted by Crippen LogP contribution is -2.39. The maximum atomic E-state index is 12.5. The second kappa shape index (κ2) is 6.89. The van der Waals surface area contributed by atoms with Gasteiger partial charge in [-0.2, -0.15) is 0 Å². The number of hydrogen-bond acceptors (Lipinski definition) is 7. The number of fused-ring (bicyclic) bond motifs is 1. The largest absolute Gasteiger partial charge is 0.462 e. The van der Waals surface area contributed by atoms with E-state index in [1.165, 1.54) is 18.2 Å². The fourth-order valence-corrected chi connectivity index (χ4v) is 2.85. The molecular formula is C16H17N3O6. The van der Waals surface area contributed by atoms with Gasteiger partial charge in [0.05, 0.1) is 30.1 Å². The first kappa shape index (κ1) is 16.9. The molecule has 1 aliphatic rings. The van der Waals surface area contributed by atoms with Gasteiger partial charge < -0.3 is 19.4 Å². The monoisotopic (exact) mass is 347 g/mol. The molecule has 0 amide bonds. The summed E-state index contributed by atoms with van der Waals surface area (Å²) in [4.78, 5) is 39.9. The number of nitro benzene ring substituents is 1. The highest BCUT2D eigenvalue weighted by Crippen LogP contribution is 2.28. The summed E-state index contributed by atoms with van der Waals surface area (Å²) in [5.41, 5.74) is -0.506. The fraction of sp³-hybridized carbons (Fsp3) is 0.375. The normalized spacial score (nSPS) is 14.5. The van der Waals surface area contributed by atoms with Crippen molar-refractivity contribution in [2.24, 2.45) is 0 Å². The number of H-pyrrole nitrogens is 1. The first-order chi connectivity index (χ1) is 12.0. The number of rotatable bonds is 4. The van der Waals surface area contributed by atoms with E-state index in [9.17, 15) is 19.7 Å². The molecule has 0 bridgehead atoms. The third-order valence-corrected chi connectivity index (χ3v) is 4.00. The van der Waals surface area contributed by atoms with Crippen LogP contribution >= 0.6 is 0 Å². The molecular weight excluding hydrogens is 330 g/mol. The molecule has 132 valence electrons. The second-order valence-corrected chi connectivity index (χ2v) is 5.48. The average molecular weight is 347 g/mol. The highest BCUT2D eigenvalue weighted by Gasteiger charge is 2.25. The van der Waals surface area contributed by atoms with Crippen LogP contribution in [-0.2, 0) is 9.47 Å². The lowest BCUT2D eigenvalue weighted by atomic mass is 10.0. The molecule has 1 N–H and O–H groups in total. The second-order valence-electron chi connectivity index (χ2n) is 5.48. The predicted molar refractivity (Wildman–Crippen MR) is 90.2 cm³/mol. The predicted octanol–water partition coefficient (Wildman–Crippen LogP) is 1.45. The summed E-state index contributed by atoms with van der Waals surface area (Å²) in [6, 6.07) is 3.85. The van der Waals surface area contributed by atoms with Crippen molar-refractivity contribution in [3.8, 4) is 0 Å². The van der Waals surface area contributed by atoms with E-state index in [0.29, 0.717) is 37.5 Å². The summed E-state index contributed by atoms with van der Waals surface area (Å²) in [6.45, 7) is 3.84. The van der Waals surface area contributed by atoms with Crippen molar-refractivity contribution in [3.05, 3.63) is 44.2 Å². The van der Waals surface area contributed by atoms with E-state index in [1.54, 1.807) is 6.92 Å². The zero-order valence-corrected chi connectivity index (χ0v) is 13.6. The first-order valence-corrected chi connectivity index (χ1v) is 7.87. The first-order valence-electron chi connectivity index (χ1n) is 7.87. The highest BCUT2D eigenvalue weighted by atomic mass is 16.6. The van der Waals surface area contributed by atoms with Crippen LogP contribution < -0.4 is 10.5 Å². The number of aromatic nitrogens is 1. The van der Waals surface area contributed by atoms with Crippen LogP contribution in [0.25, 0.3) is 10.8 Å². The number of pyridine rings is 1. The molecule has 1 saturated heterocycles. The van der Waals surface area contributed by atoms with E-state index >= 15 is 0 Å². The van der Waals surface area contributed by atoms with Gasteiger partial charge in [-0.3, -0.25) is 14.9 Å². The summed E-state index contributed by atoms with van der Waals surface area (Å²) in [5, 5.41) is 11.4. The molecule has 1 fully saturated rings. The number of benzene rings is 1. The Hall–Kier alpha value is -2.94. The number of aromatic amines is 1. The number of nitro groups is 1. The summed E-state index contributed by atoms with van der Waals surface area (Å²) in [7, 11) is 0. The van der Waals surface area contributed by atoms with Crippen LogP contribution in [0, 0.1) is 10.1 Å². The van der Waals surface area contributed by atoms with Gasteiger partial charge in [0, 0.05) is 30.6 Å². The smallest absolute Gasteiger partial charge is 0.342 e. The molecule has 9 heteroatoms. The van der Waals surface area contributed by atoms with Crippen molar-refractivity contribution in [1.82, 2.24) is 4.98 Å². The number of esters is 1. The Morgan fingerprint density at radius 2 is 2.08 bits per heavy atom. The highest BCUT2D eigenvalue weighted by molar-refractivity contribution is 6.08. The number of nitrogens with zero attached hydrogens (tertiary/aromatic N) is 2. The van der Waals surface area contributed by atoms with Gasteiger partial charge in [-0.15, -0.1) is 0 Å². The minimum absolute atomic E-state index is 0.0780. The Kier molecular flexibility index (Phi) is 4.66. The van der Waals surface area contributed by atoms with Crippen molar-refractivity contribution in [1.29, 1.82) is 0 Å². The molecule has 25 heavy (non-hydrogen) atoms. The summed E-state index contributed by atoms with van der Waals surface area (Å²) < 4.78 is 10.4. The SMILES string of the molecule is CCOC(=O)c1c(N2CCOCC2)[nH]c(=O)c2cc([N+](=O)[O-])ccc12. The summed E-state index contributed by atoms with van der Waals surface area (Å²) in [6.07, 6.45) is 0. The molecule has 3 rings (SSSR count). The molecule has 0 spiro atoms. The molecule has 0 radical (unpaired) electrons. The molecule has 1 aromatic heterocycles. The molecule has 0 aliphatic carbocycles. The van der Waals surface area contributed by atoms with Crippen LogP contribution in [0.5, 0.6) is 0 Å². The number of non-ortho nitro benzene ring substituents is 1. The third-order valence-electron chi connectivity index (χ3n) is 4.00. The van der Waals surface area contributed by atoms with E-state index < -0.39 is 16.5 Å². The molecule has 0 unspecified atom stereocenters.